The minimum Gasteiger partial charge on any atom is -0.465 e. The molecule has 0 aromatic heterocycles. The van der Waals surface area contributed by atoms with Crippen molar-refractivity contribution < 1.29 is 17.9 Å². The van der Waals surface area contributed by atoms with Crippen LogP contribution in [0.15, 0.2) is 53.4 Å². The SMILES string of the molecule is CCOC(=O)[C@@]1(CN)[C@@H](c2ccc(C)cc2)[C@@H]1S(=O)(=O)c1ccc(Cl)cc1. The molecule has 144 valence electrons. The van der Waals surface area contributed by atoms with E-state index in [9.17, 15) is 13.2 Å². The van der Waals surface area contributed by atoms with Crippen molar-refractivity contribution in [3.05, 3.63) is 64.7 Å². The van der Waals surface area contributed by atoms with Crippen LogP contribution in [0.25, 0.3) is 0 Å². The lowest BCUT2D eigenvalue weighted by molar-refractivity contribution is -0.149. The van der Waals surface area contributed by atoms with Crippen molar-refractivity contribution in [3.63, 3.8) is 0 Å². The average Bonchev–Trinajstić information content (AvgIpc) is 3.34. The molecule has 2 aromatic rings. The summed E-state index contributed by atoms with van der Waals surface area (Å²) < 4.78 is 31.9. The molecular weight excluding hydrogens is 386 g/mol. The average molecular weight is 408 g/mol. The number of aryl methyl sites for hydroxylation is 1. The molecule has 3 atom stereocenters. The third-order valence-corrected chi connectivity index (χ3v) is 7.71. The Bertz CT molecular complexity index is 941. The van der Waals surface area contributed by atoms with Gasteiger partial charge in [-0.2, -0.15) is 0 Å². The summed E-state index contributed by atoms with van der Waals surface area (Å²) in [6.45, 7) is 3.69. The number of ether oxygens (including phenoxy) is 1. The van der Waals surface area contributed by atoms with Crippen molar-refractivity contribution in [2.45, 2.75) is 29.9 Å². The third kappa shape index (κ3) is 3.26. The Morgan fingerprint density at radius 3 is 2.26 bits per heavy atom. The van der Waals surface area contributed by atoms with Gasteiger partial charge in [0, 0.05) is 17.5 Å². The zero-order chi connectivity index (χ0) is 19.8. The van der Waals surface area contributed by atoms with Gasteiger partial charge in [-0.25, -0.2) is 8.42 Å². The number of benzene rings is 2. The topological polar surface area (TPSA) is 86.5 Å². The number of halogens is 1. The van der Waals surface area contributed by atoms with Gasteiger partial charge in [0.15, 0.2) is 9.84 Å². The Hall–Kier alpha value is -1.89. The van der Waals surface area contributed by atoms with E-state index in [2.05, 4.69) is 0 Å². The second kappa shape index (κ2) is 7.26. The number of hydrogen-bond acceptors (Lipinski definition) is 5. The van der Waals surface area contributed by atoms with Crippen LogP contribution >= 0.6 is 11.6 Å². The maximum Gasteiger partial charge on any atom is 0.315 e. The van der Waals surface area contributed by atoms with Gasteiger partial charge in [-0.1, -0.05) is 41.4 Å². The van der Waals surface area contributed by atoms with Crippen LogP contribution in [-0.2, 0) is 19.4 Å². The van der Waals surface area contributed by atoms with Crippen LogP contribution in [0, 0.1) is 12.3 Å². The molecule has 0 bridgehead atoms. The van der Waals surface area contributed by atoms with E-state index in [1.807, 2.05) is 31.2 Å². The summed E-state index contributed by atoms with van der Waals surface area (Å²) in [5, 5.41) is -0.534. The minimum atomic E-state index is -3.81. The molecule has 0 amide bonds. The van der Waals surface area contributed by atoms with E-state index in [0.717, 1.165) is 11.1 Å². The molecule has 1 aliphatic carbocycles. The second-order valence-electron chi connectivity index (χ2n) is 6.77. The first-order chi connectivity index (χ1) is 12.8. The van der Waals surface area contributed by atoms with Gasteiger partial charge in [-0.3, -0.25) is 4.79 Å². The number of carbonyl (C=O) groups excluding carboxylic acids is 1. The van der Waals surface area contributed by atoms with Crippen LogP contribution in [-0.4, -0.2) is 32.8 Å². The van der Waals surface area contributed by atoms with Gasteiger partial charge in [-0.15, -0.1) is 0 Å². The molecule has 2 aromatic carbocycles. The lowest BCUT2D eigenvalue weighted by atomic mass is 9.98. The van der Waals surface area contributed by atoms with Crippen molar-refractivity contribution in [2.75, 3.05) is 13.2 Å². The number of esters is 1. The summed E-state index contributed by atoms with van der Waals surface area (Å²) in [6.07, 6.45) is 0. The quantitative estimate of drug-likeness (QED) is 0.743. The molecule has 0 radical (unpaired) electrons. The number of carbonyl (C=O) groups is 1. The summed E-state index contributed by atoms with van der Waals surface area (Å²) in [4.78, 5) is 12.9. The normalized spacial score (nSPS) is 24.4. The van der Waals surface area contributed by atoms with Gasteiger partial charge in [0.05, 0.1) is 16.8 Å². The standard InChI is InChI=1S/C20H22ClNO4S/c1-3-26-19(23)20(12-22)17(14-6-4-13(2)5-7-14)18(20)27(24,25)16-10-8-15(21)9-11-16/h4-11,17-18H,3,12,22H2,1-2H3/t17-,18-,20-/m0/s1. The van der Waals surface area contributed by atoms with Gasteiger partial charge in [0.25, 0.3) is 0 Å². The number of hydrogen-bond donors (Lipinski definition) is 1. The van der Waals surface area contributed by atoms with Crippen LogP contribution in [0.5, 0.6) is 0 Å². The van der Waals surface area contributed by atoms with Crippen molar-refractivity contribution in [1.82, 2.24) is 0 Å². The van der Waals surface area contributed by atoms with Crippen LogP contribution < -0.4 is 5.73 Å². The van der Waals surface area contributed by atoms with Crippen LogP contribution in [0.1, 0.15) is 24.0 Å². The van der Waals surface area contributed by atoms with Gasteiger partial charge < -0.3 is 10.5 Å². The van der Waals surface area contributed by atoms with Gasteiger partial charge in [-0.05, 0) is 43.7 Å². The maximum atomic E-state index is 13.3. The van der Waals surface area contributed by atoms with E-state index < -0.39 is 32.4 Å². The molecule has 1 aliphatic rings. The Kier molecular flexibility index (Phi) is 5.34. The van der Waals surface area contributed by atoms with Crippen molar-refractivity contribution in [1.29, 1.82) is 0 Å². The number of nitrogens with two attached hydrogens (primary N) is 1. The van der Waals surface area contributed by atoms with Gasteiger partial charge in [0.1, 0.15) is 5.41 Å². The highest BCUT2D eigenvalue weighted by Crippen LogP contribution is 2.64. The highest BCUT2D eigenvalue weighted by atomic mass is 35.5. The highest BCUT2D eigenvalue weighted by Gasteiger charge is 2.75. The molecule has 0 saturated heterocycles. The van der Waals surface area contributed by atoms with Crippen LogP contribution in [0.4, 0.5) is 0 Å². The fourth-order valence-corrected chi connectivity index (χ4v) is 6.22. The fraction of sp³-hybridized carbons (Fsp3) is 0.350. The van der Waals surface area contributed by atoms with E-state index in [-0.39, 0.29) is 18.0 Å². The largest absolute Gasteiger partial charge is 0.465 e. The Morgan fingerprint density at radius 2 is 1.74 bits per heavy atom. The Morgan fingerprint density at radius 1 is 1.15 bits per heavy atom. The fourth-order valence-electron chi connectivity index (χ4n) is 3.71. The van der Waals surface area contributed by atoms with Crippen LogP contribution in [0.3, 0.4) is 0 Å². The molecule has 1 fully saturated rings. The lowest BCUT2D eigenvalue weighted by Gasteiger charge is -2.14. The molecule has 1 saturated carbocycles. The maximum absolute atomic E-state index is 13.3. The first kappa shape index (κ1) is 19.9. The van der Waals surface area contributed by atoms with Gasteiger partial charge in [0.2, 0.25) is 0 Å². The van der Waals surface area contributed by atoms with Gasteiger partial charge >= 0.3 is 5.97 Å². The highest BCUT2D eigenvalue weighted by molar-refractivity contribution is 7.92. The van der Waals surface area contributed by atoms with E-state index >= 15 is 0 Å². The third-order valence-electron chi connectivity index (χ3n) is 5.16. The first-order valence-corrected chi connectivity index (χ1v) is 10.6. The molecule has 27 heavy (non-hydrogen) atoms. The number of sulfone groups is 1. The molecular formula is C20H22ClNO4S. The molecule has 5 nitrogen and oxygen atoms in total. The van der Waals surface area contributed by atoms with E-state index in [0.29, 0.717) is 5.02 Å². The first-order valence-electron chi connectivity index (χ1n) is 8.72. The van der Waals surface area contributed by atoms with E-state index in [1.165, 1.54) is 24.3 Å². The molecule has 7 heteroatoms. The predicted molar refractivity (Wildman–Crippen MR) is 104 cm³/mol. The zero-order valence-corrected chi connectivity index (χ0v) is 16.8. The van der Waals surface area contributed by atoms with Crippen LogP contribution in [0.2, 0.25) is 5.02 Å². The van der Waals surface area contributed by atoms with Crippen molar-refractivity contribution in [3.8, 4) is 0 Å². The zero-order valence-electron chi connectivity index (χ0n) is 15.2. The summed E-state index contributed by atoms with van der Waals surface area (Å²) in [6, 6.07) is 13.4. The van der Waals surface area contributed by atoms with Crippen molar-refractivity contribution >= 4 is 27.4 Å². The van der Waals surface area contributed by atoms with Crippen molar-refractivity contribution in [2.24, 2.45) is 11.1 Å². The lowest BCUT2D eigenvalue weighted by Crippen LogP contribution is -2.33. The summed E-state index contributed by atoms with van der Waals surface area (Å²) in [7, 11) is -3.81. The second-order valence-corrected chi connectivity index (χ2v) is 9.28. The monoisotopic (exact) mass is 407 g/mol. The Labute approximate surface area is 164 Å². The van der Waals surface area contributed by atoms with E-state index in [4.69, 9.17) is 22.1 Å². The van der Waals surface area contributed by atoms with E-state index in [1.54, 1.807) is 6.92 Å². The number of rotatable bonds is 6. The summed E-state index contributed by atoms with van der Waals surface area (Å²) in [5.41, 5.74) is 6.49. The smallest absolute Gasteiger partial charge is 0.315 e. The summed E-state index contributed by atoms with van der Waals surface area (Å²) in [5.74, 6) is -1.12. The summed E-state index contributed by atoms with van der Waals surface area (Å²) >= 11 is 5.88. The molecule has 2 N–H and O–H groups in total. The molecule has 0 spiro atoms. The molecule has 3 rings (SSSR count). The minimum absolute atomic E-state index is 0.109. The molecule has 0 heterocycles. The predicted octanol–water partition coefficient (Wildman–Crippen LogP) is 3.10. The molecule has 0 aliphatic heterocycles. The Balaban J connectivity index is 2.10. The molecule has 0 unspecified atom stereocenters.